The first-order valence-corrected chi connectivity index (χ1v) is 6.08. The zero-order chi connectivity index (χ0) is 14.6. The predicted octanol–water partition coefficient (Wildman–Crippen LogP) is 2.66. The Bertz CT molecular complexity index is 527. The van der Waals surface area contributed by atoms with Crippen molar-refractivity contribution in [1.29, 1.82) is 0 Å². The van der Waals surface area contributed by atoms with E-state index in [2.05, 4.69) is 0 Å². The van der Waals surface area contributed by atoms with Crippen molar-refractivity contribution in [2.75, 3.05) is 0 Å². The highest BCUT2D eigenvalue weighted by Crippen LogP contribution is 2.21. The van der Waals surface area contributed by atoms with Crippen molar-refractivity contribution >= 4 is 11.9 Å². The molecule has 0 bridgehead atoms. The summed E-state index contributed by atoms with van der Waals surface area (Å²) >= 11 is 0. The van der Waals surface area contributed by atoms with Gasteiger partial charge in [0.25, 0.3) is 0 Å². The molecule has 102 valence electrons. The van der Waals surface area contributed by atoms with Crippen LogP contribution in [-0.4, -0.2) is 22.2 Å². The average Bonchev–Trinajstić information content (AvgIpc) is 2.29. The highest BCUT2D eigenvalue weighted by molar-refractivity contribution is 5.99. The Hall–Kier alpha value is -2.10. The maximum absolute atomic E-state index is 11.3. The van der Waals surface area contributed by atoms with E-state index in [1.165, 1.54) is 0 Å². The van der Waals surface area contributed by atoms with Crippen LogP contribution in [0.15, 0.2) is 35.4 Å². The lowest BCUT2D eigenvalue weighted by Gasteiger charge is -2.13. The molecule has 0 aromatic heterocycles. The van der Waals surface area contributed by atoms with E-state index in [0.29, 0.717) is 0 Å². The number of carboxylic acids is 2. The normalized spacial score (nSPS) is 12.2. The zero-order valence-corrected chi connectivity index (χ0v) is 11.3. The van der Waals surface area contributed by atoms with E-state index in [4.69, 9.17) is 0 Å². The fraction of sp³-hybridized carbons (Fsp3) is 0.333. The maximum Gasteiger partial charge on any atom is 0.332 e. The Labute approximate surface area is 112 Å². The van der Waals surface area contributed by atoms with Gasteiger partial charge in [-0.1, -0.05) is 38.1 Å². The molecule has 1 rings (SSSR count). The van der Waals surface area contributed by atoms with E-state index in [-0.39, 0.29) is 23.5 Å². The van der Waals surface area contributed by atoms with Crippen LogP contribution in [0.25, 0.3) is 0 Å². The molecule has 0 saturated carbocycles. The van der Waals surface area contributed by atoms with Crippen LogP contribution >= 0.6 is 0 Å². The fourth-order valence-electron chi connectivity index (χ4n) is 2.01. The van der Waals surface area contributed by atoms with Crippen molar-refractivity contribution in [2.24, 2.45) is 5.92 Å². The number of rotatable bonds is 5. The van der Waals surface area contributed by atoms with E-state index in [9.17, 15) is 19.8 Å². The van der Waals surface area contributed by atoms with Gasteiger partial charge in [0.15, 0.2) is 0 Å². The standard InChI is InChI=1S/C15H18O4/c1-9(2)13(15(18)19)12(14(16)17)8-11-7-5-4-6-10(11)3/h4-7,9H,8H2,1-3H3,(H,16,17)(H,18,19). The molecule has 0 atom stereocenters. The third-order valence-corrected chi connectivity index (χ3v) is 3.02. The summed E-state index contributed by atoms with van der Waals surface area (Å²) in [4.78, 5) is 22.6. The summed E-state index contributed by atoms with van der Waals surface area (Å²) in [7, 11) is 0. The van der Waals surface area contributed by atoms with Gasteiger partial charge in [-0.2, -0.15) is 0 Å². The third kappa shape index (κ3) is 3.68. The van der Waals surface area contributed by atoms with Crippen molar-refractivity contribution in [1.82, 2.24) is 0 Å². The molecule has 0 fully saturated rings. The highest BCUT2D eigenvalue weighted by atomic mass is 16.4. The highest BCUT2D eigenvalue weighted by Gasteiger charge is 2.23. The maximum atomic E-state index is 11.3. The van der Waals surface area contributed by atoms with Gasteiger partial charge in [0.2, 0.25) is 0 Å². The second-order valence-corrected chi connectivity index (χ2v) is 4.76. The summed E-state index contributed by atoms with van der Waals surface area (Å²) in [5.74, 6) is -2.68. The quantitative estimate of drug-likeness (QED) is 0.800. The molecule has 0 heterocycles. The van der Waals surface area contributed by atoms with Gasteiger partial charge in [-0.3, -0.25) is 0 Å². The summed E-state index contributed by atoms with van der Waals surface area (Å²) in [5, 5.41) is 18.5. The second kappa shape index (κ2) is 6.18. The molecule has 2 N–H and O–H groups in total. The molecule has 0 unspecified atom stereocenters. The Kier molecular flexibility index (Phi) is 4.87. The van der Waals surface area contributed by atoms with Crippen LogP contribution in [0.1, 0.15) is 25.0 Å². The van der Waals surface area contributed by atoms with E-state index < -0.39 is 11.9 Å². The molecular formula is C15H18O4. The van der Waals surface area contributed by atoms with E-state index in [1.54, 1.807) is 13.8 Å². The summed E-state index contributed by atoms with van der Waals surface area (Å²) in [6, 6.07) is 7.38. The molecule has 0 aliphatic rings. The summed E-state index contributed by atoms with van der Waals surface area (Å²) < 4.78 is 0. The Balaban J connectivity index is 3.30. The number of carboxylic acid groups (broad SMARTS) is 2. The number of carbonyl (C=O) groups is 2. The molecule has 0 aliphatic heterocycles. The number of aliphatic carboxylic acids is 2. The van der Waals surface area contributed by atoms with Gasteiger partial charge in [-0.15, -0.1) is 0 Å². The summed E-state index contributed by atoms with van der Waals surface area (Å²) in [6.07, 6.45) is 0.127. The lowest BCUT2D eigenvalue weighted by atomic mass is 9.91. The van der Waals surface area contributed by atoms with Crippen LogP contribution in [-0.2, 0) is 16.0 Å². The van der Waals surface area contributed by atoms with Crippen LogP contribution in [0.2, 0.25) is 0 Å². The lowest BCUT2D eigenvalue weighted by Crippen LogP contribution is -2.17. The predicted molar refractivity (Wildman–Crippen MR) is 72.0 cm³/mol. The van der Waals surface area contributed by atoms with Gasteiger partial charge in [-0.25, -0.2) is 9.59 Å². The average molecular weight is 262 g/mol. The molecule has 1 aromatic carbocycles. The lowest BCUT2D eigenvalue weighted by molar-refractivity contribution is -0.136. The summed E-state index contributed by atoms with van der Waals surface area (Å²) in [6.45, 7) is 5.25. The Morgan fingerprint density at radius 2 is 1.68 bits per heavy atom. The number of aryl methyl sites for hydroxylation is 1. The van der Waals surface area contributed by atoms with Gasteiger partial charge in [0.05, 0.1) is 11.1 Å². The molecule has 0 aliphatic carbocycles. The van der Waals surface area contributed by atoms with Crippen molar-refractivity contribution in [2.45, 2.75) is 27.2 Å². The van der Waals surface area contributed by atoms with Crippen molar-refractivity contribution < 1.29 is 19.8 Å². The second-order valence-electron chi connectivity index (χ2n) is 4.76. The Morgan fingerprint density at radius 3 is 2.11 bits per heavy atom. The smallest absolute Gasteiger partial charge is 0.332 e. The van der Waals surface area contributed by atoms with Gasteiger partial charge >= 0.3 is 11.9 Å². The molecule has 4 nitrogen and oxygen atoms in total. The number of hydrogen-bond acceptors (Lipinski definition) is 2. The molecule has 4 heteroatoms. The van der Waals surface area contributed by atoms with Crippen LogP contribution in [0.4, 0.5) is 0 Å². The third-order valence-electron chi connectivity index (χ3n) is 3.02. The van der Waals surface area contributed by atoms with E-state index in [0.717, 1.165) is 11.1 Å². The van der Waals surface area contributed by atoms with Gasteiger partial charge in [0.1, 0.15) is 0 Å². The molecule has 19 heavy (non-hydrogen) atoms. The Morgan fingerprint density at radius 1 is 1.11 bits per heavy atom. The largest absolute Gasteiger partial charge is 0.478 e. The first-order valence-electron chi connectivity index (χ1n) is 6.08. The van der Waals surface area contributed by atoms with Crippen LogP contribution in [0.3, 0.4) is 0 Å². The molecule has 0 amide bonds. The minimum Gasteiger partial charge on any atom is -0.478 e. The number of benzene rings is 1. The molecule has 0 saturated heterocycles. The molecule has 0 radical (unpaired) electrons. The SMILES string of the molecule is Cc1ccccc1CC(C(=O)O)=C(C(=O)O)C(C)C. The first-order chi connectivity index (χ1) is 8.84. The fourth-order valence-corrected chi connectivity index (χ4v) is 2.01. The number of hydrogen-bond donors (Lipinski definition) is 2. The summed E-state index contributed by atoms with van der Waals surface area (Å²) in [5.41, 5.74) is 1.71. The minimum atomic E-state index is -1.17. The van der Waals surface area contributed by atoms with Crippen molar-refractivity contribution in [3.8, 4) is 0 Å². The molecular weight excluding hydrogens is 244 g/mol. The van der Waals surface area contributed by atoms with E-state index >= 15 is 0 Å². The first kappa shape index (κ1) is 15.0. The monoisotopic (exact) mass is 262 g/mol. The topological polar surface area (TPSA) is 74.6 Å². The molecule has 1 aromatic rings. The zero-order valence-electron chi connectivity index (χ0n) is 11.3. The van der Waals surface area contributed by atoms with Crippen molar-refractivity contribution in [3.05, 3.63) is 46.5 Å². The van der Waals surface area contributed by atoms with E-state index in [1.807, 2.05) is 31.2 Å². The van der Waals surface area contributed by atoms with Crippen LogP contribution in [0, 0.1) is 12.8 Å². The van der Waals surface area contributed by atoms with Crippen LogP contribution in [0.5, 0.6) is 0 Å². The van der Waals surface area contributed by atoms with Gasteiger partial charge in [-0.05, 0) is 24.0 Å². The van der Waals surface area contributed by atoms with Crippen molar-refractivity contribution in [3.63, 3.8) is 0 Å². The van der Waals surface area contributed by atoms with Crippen LogP contribution < -0.4 is 0 Å². The van der Waals surface area contributed by atoms with Gasteiger partial charge in [0, 0.05) is 6.42 Å². The molecule has 0 spiro atoms. The minimum absolute atomic E-state index is 0.0317. The van der Waals surface area contributed by atoms with Gasteiger partial charge < -0.3 is 10.2 Å².